The first-order valence-electron chi connectivity index (χ1n) is 10.6. The van der Waals surface area contributed by atoms with Gasteiger partial charge in [-0.1, -0.05) is 30.3 Å². The number of hydrogen-bond acceptors (Lipinski definition) is 4. The van der Waals surface area contributed by atoms with Crippen molar-refractivity contribution in [3.63, 3.8) is 0 Å². The summed E-state index contributed by atoms with van der Waals surface area (Å²) >= 11 is 0. The molecule has 4 saturated carbocycles. The van der Waals surface area contributed by atoms with Crippen LogP contribution < -0.4 is 0 Å². The smallest absolute Gasteiger partial charge is 0.210 e. The van der Waals surface area contributed by atoms with Gasteiger partial charge in [-0.25, -0.2) is 0 Å². The molecule has 4 heteroatoms. The van der Waals surface area contributed by atoms with E-state index in [0.29, 0.717) is 11.8 Å². The quantitative estimate of drug-likeness (QED) is 0.747. The minimum Gasteiger partial charge on any atom is -0.312 e. The Labute approximate surface area is 155 Å². The van der Waals surface area contributed by atoms with Gasteiger partial charge in [0.05, 0.1) is 0 Å². The Kier molecular flexibility index (Phi) is 3.57. The van der Waals surface area contributed by atoms with Crippen LogP contribution in [0.25, 0.3) is 0 Å². The number of nitrogens with zero attached hydrogens (tertiary/aromatic N) is 1. The number of hydrogen-bond donors (Lipinski definition) is 0. The van der Waals surface area contributed by atoms with Gasteiger partial charge < -0.3 is 4.74 Å². The Bertz CT molecular complexity index is 639. The van der Waals surface area contributed by atoms with Crippen LogP contribution in [0.1, 0.15) is 50.5 Å². The van der Waals surface area contributed by atoms with E-state index >= 15 is 0 Å². The molecule has 2 spiro atoms. The fourth-order valence-corrected chi connectivity index (χ4v) is 6.69. The molecule has 0 unspecified atom stereocenters. The third-order valence-electron chi connectivity index (χ3n) is 7.81. The van der Waals surface area contributed by atoms with E-state index < -0.39 is 11.6 Å². The van der Waals surface area contributed by atoms with Gasteiger partial charge in [0.2, 0.25) is 11.6 Å². The van der Waals surface area contributed by atoms with Crippen molar-refractivity contribution >= 4 is 0 Å². The summed E-state index contributed by atoms with van der Waals surface area (Å²) in [5.41, 5.74) is 1.38. The van der Waals surface area contributed by atoms with Crippen molar-refractivity contribution in [1.82, 2.24) is 4.90 Å². The first-order valence-corrected chi connectivity index (χ1v) is 10.6. The van der Waals surface area contributed by atoms with Crippen molar-refractivity contribution in [3.8, 4) is 0 Å². The van der Waals surface area contributed by atoms with Crippen LogP contribution in [0.15, 0.2) is 30.3 Å². The molecule has 7 rings (SSSR count). The van der Waals surface area contributed by atoms with Crippen LogP contribution in [0.2, 0.25) is 0 Å². The summed E-state index contributed by atoms with van der Waals surface area (Å²) in [5, 5.41) is 0. The van der Waals surface area contributed by atoms with Gasteiger partial charge in [-0.2, -0.15) is 9.78 Å². The summed E-state index contributed by atoms with van der Waals surface area (Å²) in [6, 6.07) is 10.7. The van der Waals surface area contributed by atoms with Gasteiger partial charge in [-0.05, 0) is 49.5 Å². The van der Waals surface area contributed by atoms with Crippen molar-refractivity contribution in [2.75, 3.05) is 13.1 Å². The lowest BCUT2D eigenvalue weighted by molar-refractivity contribution is -0.390. The summed E-state index contributed by atoms with van der Waals surface area (Å²) in [7, 11) is 0. The summed E-state index contributed by atoms with van der Waals surface area (Å²) < 4.78 is 6.78. The van der Waals surface area contributed by atoms with Crippen LogP contribution in [-0.2, 0) is 21.1 Å². The molecule has 2 heterocycles. The van der Waals surface area contributed by atoms with Crippen molar-refractivity contribution < 1.29 is 14.5 Å². The summed E-state index contributed by atoms with van der Waals surface area (Å²) in [5.74, 6) is 2.03. The number of ether oxygens (including phenoxy) is 1. The van der Waals surface area contributed by atoms with Crippen LogP contribution in [0.3, 0.4) is 0 Å². The summed E-state index contributed by atoms with van der Waals surface area (Å²) in [6.45, 7) is 3.03. The van der Waals surface area contributed by atoms with E-state index in [1.54, 1.807) is 0 Å². The summed E-state index contributed by atoms with van der Waals surface area (Å²) in [4.78, 5) is 14.6. The van der Waals surface area contributed by atoms with Crippen LogP contribution in [0, 0.1) is 23.7 Å². The zero-order valence-corrected chi connectivity index (χ0v) is 15.4. The number of likely N-dealkylation sites (tertiary alicyclic amines) is 1. The molecule has 140 valence electrons. The number of rotatable bonds is 2. The van der Waals surface area contributed by atoms with Gasteiger partial charge in [-0.3, -0.25) is 4.90 Å². The van der Waals surface area contributed by atoms with Gasteiger partial charge >= 0.3 is 0 Å². The normalized spacial score (nSPS) is 43.5. The third kappa shape index (κ3) is 2.42. The lowest BCUT2D eigenvalue weighted by Gasteiger charge is -2.57. The zero-order valence-electron chi connectivity index (χ0n) is 15.4. The number of piperidine rings is 1. The molecular formula is C22H29NO3. The fraction of sp³-hybridized carbons (Fsp3) is 0.727. The molecule has 6 fully saturated rings. The summed E-state index contributed by atoms with van der Waals surface area (Å²) in [6.07, 6.45) is 8.41. The average molecular weight is 355 g/mol. The zero-order chi connectivity index (χ0) is 17.2. The second kappa shape index (κ2) is 5.78. The minimum atomic E-state index is -0.497. The molecule has 4 nitrogen and oxygen atoms in total. The largest absolute Gasteiger partial charge is 0.312 e. The average Bonchev–Trinajstić information content (AvgIpc) is 3.03. The Morgan fingerprint density at radius 3 is 2.15 bits per heavy atom. The van der Waals surface area contributed by atoms with Crippen molar-refractivity contribution in [3.05, 3.63) is 35.9 Å². The highest BCUT2D eigenvalue weighted by Crippen LogP contribution is 2.63. The van der Waals surface area contributed by atoms with E-state index in [-0.39, 0.29) is 0 Å². The molecule has 0 atom stereocenters. The van der Waals surface area contributed by atoms with Gasteiger partial charge in [-0.15, -0.1) is 0 Å². The van der Waals surface area contributed by atoms with Crippen molar-refractivity contribution in [2.45, 2.75) is 63.1 Å². The Hall–Kier alpha value is -0.940. The predicted molar refractivity (Wildman–Crippen MR) is 96.7 cm³/mol. The Morgan fingerprint density at radius 1 is 0.846 bits per heavy atom. The first kappa shape index (κ1) is 16.1. The van der Waals surface area contributed by atoms with Crippen LogP contribution >= 0.6 is 0 Å². The van der Waals surface area contributed by atoms with E-state index in [2.05, 4.69) is 35.2 Å². The molecule has 0 amide bonds. The molecule has 1 aromatic rings. The van der Waals surface area contributed by atoms with Gasteiger partial charge in [0.1, 0.15) is 0 Å². The molecule has 6 aliphatic rings. The monoisotopic (exact) mass is 355 g/mol. The molecule has 4 aliphatic carbocycles. The van der Waals surface area contributed by atoms with Crippen molar-refractivity contribution in [2.24, 2.45) is 23.7 Å². The molecule has 4 bridgehead atoms. The highest BCUT2D eigenvalue weighted by atomic mass is 17.3. The highest BCUT2D eigenvalue weighted by molar-refractivity contribution is 5.14. The molecule has 1 aromatic carbocycles. The van der Waals surface area contributed by atoms with E-state index in [9.17, 15) is 0 Å². The second-order valence-electron chi connectivity index (χ2n) is 9.47. The van der Waals surface area contributed by atoms with Crippen LogP contribution in [-0.4, -0.2) is 29.6 Å². The Balaban J connectivity index is 1.14. The minimum absolute atomic E-state index is 0.422. The maximum atomic E-state index is 6.78. The number of benzene rings is 1. The topological polar surface area (TPSA) is 30.9 Å². The molecule has 2 aliphatic heterocycles. The van der Waals surface area contributed by atoms with Gasteiger partial charge in [0.25, 0.3) is 0 Å². The van der Waals surface area contributed by atoms with E-state index in [0.717, 1.165) is 44.3 Å². The van der Waals surface area contributed by atoms with Crippen molar-refractivity contribution in [1.29, 1.82) is 0 Å². The lowest BCUT2D eigenvalue weighted by atomic mass is 9.53. The molecule has 0 radical (unpaired) electrons. The third-order valence-corrected chi connectivity index (χ3v) is 7.81. The maximum Gasteiger partial charge on any atom is 0.210 e. The lowest BCUT2D eigenvalue weighted by Crippen LogP contribution is -2.59. The maximum absolute atomic E-state index is 6.78. The van der Waals surface area contributed by atoms with E-state index in [1.807, 2.05) is 0 Å². The Morgan fingerprint density at radius 2 is 1.50 bits per heavy atom. The fourth-order valence-electron chi connectivity index (χ4n) is 6.69. The predicted octanol–water partition coefficient (Wildman–Crippen LogP) is 4.11. The standard InChI is InChI=1S/C22H29NO3/c1-2-4-16(5-3-1)15-23-8-6-21(7-9-23)24-22(26-25-21)19-11-17-10-18(13-19)14-20(22)12-17/h1-5,17-20H,6-15H2. The second-order valence-corrected chi connectivity index (χ2v) is 9.47. The highest BCUT2D eigenvalue weighted by Gasteiger charge is 2.66. The first-order chi connectivity index (χ1) is 12.7. The van der Waals surface area contributed by atoms with E-state index in [1.165, 1.54) is 37.7 Å². The van der Waals surface area contributed by atoms with Gasteiger partial charge in [0.15, 0.2) is 0 Å². The SMILES string of the molecule is c1ccc(CN2CCC3(CC2)OOC2(O3)C3CC4CC(C3)CC2C4)cc1. The van der Waals surface area contributed by atoms with Gasteiger partial charge in [0, 0.05) is 44.3 Å². The molecule has 0 N–H and O–H groups in total. The van der Waals surface area contributed by atoms with E-state index in [4.69, 9.17) is 14.5 Å². The van der Waals surface area contributed by atoms with Crippen LogP contribution in [0.4, 0.5) is 0 Å². The molecular weight excluding hydrogens is 326 g/mol. The molecule has 26 heavy (non-hydrogen) atoms. The van der Waals surface area contributed by atoms with Crippen LogP contribution in [0.5, 0.6) is 0 Å². The molecule has 2 saturated heterocycles. The molecule has 0 aromatic heterocycles.